The number of carbonyl (C=O) groups excluding carboxylic acids is 4. The Morgan fingerprint density at radius 1 is 0.467 bits per heavy atom. The first kappa shape index (κ1) is 53.0. The van der Waals surface area contributed by atoms with Crippen molar-refractivity contribution in [2.45, 2.75) is 142 Å². The quantitative estimate of drug-likeness (QED) is 0.0403. The molecule has 0 unspecified atom stereocenters. The van der Waals surface area contributed by atoms with Gasteiger partial charge < -0.3 is 39.1 Å². The van der Waals surface area contributed by atoms with E-state index < -0.39 is 22.4 Å². The maximum atomic E-state index is 12.4. The number of nitrogens with one attached hydrogen (secondary N) is 2. The van der Waals surface area contributed by atoms with Crippen molar-refractivity contribution in [3.05, 3.63) is 71.8 Å². The van der Waals surface area contributed by atoms with Crippen LogP contribution >= 0.6 is 21.6 Å². The number of rotatable bonds is 33. The van der Waals surface area contributed by atoms with Gasteiger partial charge in [0, 0.05) is 37.4 Å². The first-order valence-electron chi connectivity index (χ1n) is 21.1. The van der Waals surface area contributed by atoms with Gasteiger partial charge in [0.15, 0.2) is 0 Å². The fourth-order valence-electron chi connectivity index (χ4n) is 5.45. The molecule has 0 aliphatic heterocycles. The normalized spacial score (nSPS) is 12.2. The SMILES string of the molecule is CC(C)(CCNC(=O)CCSSCCC(=O)NCCC(C)(C)OCCC(C)(C)OCCC(=O)OCc1ccccc1)OCCC(C)(C)OCCC(=O)OCc1ccccc1. The lowest BCUT2D eigenvalue weighted by Crippen LogP contribution is -2.35. The third-order valence-electron chi connectivity index (χ3n) is 9.48. The zero-order valence-corrected chi connectivity index (χ0v) is 39.0. The van der Waals surface area contributed by atoms with Crippen LogP contribution in [-0.2, 0) is 60.8 Å². The maximum Gasteiger partial charge on any atom is 0.308 e. The van der Waals surface area contributed by atoms with Crippen molar-refractivity contribution in [3.63, 3.8) is 0 Å². The summed E-state index contributed by atoms with van der Waals surface area (Å²) in [6.07, 6.45) is 3.82. The van der Waals surface area contributed by atoms with Crippen molar-refractivity contribution in [1.82, 2.24) is 10.6 Å². The summed E-state index contributed by atoms with van der Waals surface area (Å²) >= 11 is 0. The highest BCUT2D eigenvalue weighted by Crippen LogP contribution is 2.24. The smallest absolute Gasteiger partial charge is 0.308 e. The third kappa shape index (κ3) is 27.7. The minimum absolute atomic E-state index is 0.00820. The van der Waals surface area contributed by atoms with Crippen LogP contribution < -0.4 is 10.6 Å². The first-order chi connectivity index (χ1) is 28.4. The van der Waals surface area contributed by atoms with Gasteiger partial charge in [0.2, 0.25) is 11.8 Å². The molecule has 0 saturated heterocycles. The van der Waals surface area contributed by atoms with Gasteiger partial charge in [0.25, 0.3) is 0 Å². The number of ether oxygens (including phenoxy) is 6. The molecule has 338 valence electrons. The first-order valence-corrected chi connectivity index (χ1v) is 23.6. The van der Waals surface area contributed by atoms with Crippen molar-refractivity contribution in [2.24, 2.45) is 0 Å². The maximum absolute atomic E-state index is 12.4. The van der Waals surface area contributed by atoms with E-state index in [4.69, 9.17) is 28.4 Å². The van der Waals surface area contributed by atoms with Crippen LogP contribution in [0.5, 0.6) is 0 Å². The Morgan fingerprint density at radius 3 is 1.17 bits per heavy atom. The predicted octanol–water partition coefficient (Wildman–Crippen LogP) is 8.39. The van der Waals surface area contributed by atoms with Gasteiger partial charge in [-0.25, -0.2) is 0 Å². The molecular weight excluding hydrogens is 805 g/mol. The monoisotopic (exact) mass is 876 g/mol. The van der Waals surface area contributed by atoms with E-state index in [2.05, 4.69) is 10.6 Å². The highest BCUT2D eigenvalue weighted by atomic mass is 33.1. The molecule has 0 radical (unpaired) electrons. The zero-order valence-electron chi connectivity index (χ0n) is 37.4. The number of carbonyl (C=O) groups is 4. The Morgan fingerprint density at radius 2 is 0.800 bits per heavy atom. The number of esters is 2. The molecule has 2 aromatic carbocycles. The van der Waals surface area contributed by atoms with Crippen molar-refractivity contribution in [3.8, 4) is 0 Å². The molecule has 12 nitrogen and oxygen atoms in total. The van der Waals surface area contributed by atoms with Crippen molar-refractivity contribution in [2.75, 3.05) is 51.0 Å². The fourth-order valence-corrected chi connectivity index (χ4v) is 7.43. The lowest BCUT2D eigenvalue weighted by Gasteiger charge is -2.30. The fraction of sp³-hybridized carbons (Fsp3) is 0.652. The van der Waals surface area contributed by atoms with Crippen molar-refractivity contribution < 1.29 is 47.6 Å². The average Bonchev–Trinajstić information content (AvgIpc) is 3.17. The van der Waals surface area contributed by atoms with Gasteiger partial charge in [-0.05, 0) is 92.2 Å². The predicted molar refractivity (Wildman–Crippen MR) is 240 cm³/mol. The van der Waals surface area contributed by atoms with Crippen LogP contribution in [-0.4, -0.2) is 97.2 Å². The topological polar surface area (TPSA) is 148 Å². The number of hydrogen-bond donors (Lipinski definition) is 2. The summed E-state index contributed by atoms with van der Waals surface area (Å²) in [4.78, 5) is 48.9. The number of benzene rings is 2. The second-order valence-electron chi connectivity index (χ2n) is 17.1. The second kappa shape index (κ2) is 28.5. The molecule has 0 saturated carbocycles. The molecule has 0 aromatic heterocycles. The molecule has 2 aromatic rings. The molecule has 0 fully saturated rings. The molecule has 2 amide bonds. The molecule has 14 heteroatoms. The van der Waals surface area contributed by atoms with Gasteiger partial charge in [0.05, 0.1) is 61.7 Å². The minimum Gasteiger partial charge on any atom is -0.461 e. The highest BCUT2D eigenvalue weighted by Gasteiger charge is 2.25. The van der Waals surface area contributed by atoms with Gasteiger partial charge in [-0.3, -0.25) is 19.2 Å². The highest BCUT2D eigenvalue weighted by molar-refractivity contribution is 8.76. The third-order valence-corrected chi connectivity index (χ3v) is 11.9. The zero-order chi connectivity index (χ0) is 44.3. The van der Waals surface area contributed by atoms with Gasteiger partial charge in [-0.2, -0.15) is 0 Å². The Labute approximate surface area is 367 Å². The van der Waals surface area contributed by atoms with Crippen LogP contribution in [0.25, 0.3) is 0 Å². The average molecular weight is 877 g/mol. The molecule has 0 spiro atoms. The number of hydrogen-bond acceptors (Lipinski definition) is 12. The van der Waals surface area contributed by atoms with E-state index in [-0.39, 0.29) is 63.0 Å². The van der Waals surface area contributed by atoms with E-state index in [0.29, 0.717) is 76.3 Å². The van der Waals surface area contributed by atoms with Gasteiger partial charge in [-0.15, -0.1) is 0 Å². The number of amides is 2. The van der Waals surface area contributed by atoms with Gasteiger partial charge >= 0.3 is 11.9 Å². The van der Waals surface area contributed by atoms with E-state index in [9.17, 15) is 19.2 Å². The Balaban J connectivity index is 1.43. The molecule has 60 heavy (non-hydrogen) atoms. The molecule has 0 aliphatic carbocycles. The van der Waals surface area contributed by atoms with Crippen molar-refractivity contribution >= 4 is 45.3 Å². The molecule has 0 aliphatic rings. The van der Waals surface area contributed by atoms with Crippen LogP contribution in [0.2, 0.25) is 0 Å². The summed E-state index contributed by atoms with van der Waals surface area (Å²) < 4.78 is 34.8. The van der Waals surface area contributed by atoms with Crippen LogP contribution in [0.1, 0.15) is 118 Å². The lowest BCUT2D eigenvalue weighted by atomic mass is 10.0. The van der Waals surface area contributed by atoms with Gasteiger partial charge in [-0.1, -0.05) is 82.3 Å². The summed E-state index contributed by atoms with van der Waals surface area (Å²) in [7, 11) is 3.18. The molecule has 0 bridgehead atoms. The summed E-state index contributed by atoms with van der Waals surface area (Å²) in [5.74, 6) is 0.719. The van der Waals surface area contributed by atoms with E-state index in [1.54, 1.807) is 21.6 Å². The molecule has 2 N–H and O–H groups in total. The standard InChI is InChI=1S/C46H72N2O10S2/c1-43(2,57-31-25-45(5,6)55-29-19-41(51)53-35-37-15-11-9-12-16-37)23-27-47-39(49)21-33-59-60-34-22-40(50)48-28-24-44(3,4)58-32-26-46(7,8)56-30-20-42(52)54-36-38-17-13-10-14-18-38/h9-18H,19-36H2,1-8H3,(H,47,49)(H,48,50). The van der Waals surface area contributed by atoms with E-state index in [1.807, 2.05) is 116 Å². The van der Waals surface area contributed by atoms with E-state index >= 15 is 0 Å². The molecule has 0 atom stereocenters. The Kier molecular flexibility index (Phi) is 25.1. The summed E-state index contributed by atoms with van der Waals surface area (Å²) in [5.41, 5.74) is 0.136. The minimum atomic E-state index is -0.460. The molecular formula is C46H72N2O10S2. The van der Waals surface area contributed by atoms with E-state index in [1.165, 1.54) is 0 Å². The molecule has 2 rings (SSSR count). The summed E-state index contributed by atoms with van der Waals surface area (Å²) in [5, 5.41) is 5.97. The van der Waals surface area contributed by atoms with Crippen molar-refractivity contribution in [1.29, 1.82) is 0 Å². The Hall–Kier alpha value is -3.14. The van der Waals surface area contributed by atoms with Crippen LogP contribution in [0.3, 0.4) is 0 Å². The molecule has 0 heterocycles. The Bertz CT molecular complexity index is 1410. The van der Waals surface area contributed by atoms with Crippen LogP contribution in [0, 0.1) is 0 Å². The largest absolute Gasteiger partial charge is 0.461 e. The van der Waals surface area contributed by atoms with E-state index in [0.717, 1.165) is 11.1 Å². The second-order valence-corrected chi connectivity index (χ2v) is 19.8. The summed E-state index contributed by atoms with van der Waals surface area (Å²) in [6, 6.07) is 19.2. The lowest BCUT2D eigenvalue weighted by molar-refractivity contribution is -0.149. The van der Waals surface area contributed by atoms with Gasteiger partial charge in [0.1, 0.15) is 13.2 Å². The van der Waals surface area contributed by atoms with Crippen LogP contribution in [0.4, 0.5) is 0 Å². The summed E-state index contributed by atoms with van der Waals surface area (Å²) in [6.45, 7) is 19.0. The van der Waals surface area contributed by atoms with Crippen LogP contribution in [0.15, 0.2) is 60.7 Å².